The molecule has 1 amide bonds. The molecule has 3 aromatic rings. The summed E-state index contributed by atoms with van der Waals surface area (Å²) >= 11 is 0. The van der Waals surface area contributed by atoms with E-state index in [9.17, 15) is 14.9 Å². The van der Waals surface area contributed by atoms with E-state index in [1.54, 1.807) is 30.3 Å². The Balaban J connectivity index is 2.03. The molecule has 0 unspecified atom stereocenters. The minimum atomic E-state index is -0.578. The van der Waals surface area contributed by atoms with E-state index >= 15 is 0 Å². The standard InChI is InChI=1S/C16H12N6O3/c23-16(12-6-1-3-9-17-12)20-21(14-8-2-4-10-18-14)15-13(22(24)25)7-5-11-19-15/h1-11H,(H,20,23). The number of nitro groups is 1. The number of amides is 1. The molecule has 3 aromatic heterocycles. The largest absolute Gasteiger partial charge is 0.313 e. The number of anilines is 2. The molecule has 0 aliphatic rings. The maximum atomic E-state index is 12.4. The second-order valence-electron chi connectivity index (χ2n) is 4.78. The summed E-state index contributed by atoms with van der Waals surface area (Å²) in [5, 5.41) is 12.5. The third-order valence-corrected chi connectivity index (χ3v) is 3.16. The summed E-state index contributed by atoms with van der Waals surface area (Å²) in [5.74, 6) is -0.338. The smallest absolute Gasteiger partial charge is 0.266 e. The number of hydrogen-bond acceptors (Lipinski definition) is 7. The van der Waals surface area contributed by atoms with E-state index in [2.05, 4.69) is 20.4 Å². The van der Waals surface area contributed by atoms with Crippen molar-refractivity contribution in [3.63, 3.8) is 0 Å². The van der Waals surface area contributed by atoms with Crippen molar-refractivity contribution < 1.29 is 9.72 Å². The zero-order valence-electron chi connectivity index (χ0n) is 12.8. The lowest BCUT2D eigenvalue weighted by Crippen LogP contribution is -2.40. The first-order valence-electron chi connectivity index (χ1n) is 7.19. The third kappa shape index (κ3) is 3.55. The van der Waals surface area contributed by atoms with Gasteiger partial charge in [-0.2, -0.15) is 0 Å². The van der Waals surface area contributed by atoms with Crippen LogP contribution in [0.2, 0.25) is 0 Å². The lowest BCUT2D eigenvalue weighted by molar-refractivity contribution is -0.384. The first-order valence-corrected chi connectivity index (χ1v) is 7.19. The molecule has 0 radical (unpaired) electrons. The van der Waals surface area contributed by atoms with Crippen molar-refractivity contribution in [3.05, 3.63) is 82.9 Å². The fraction of sp³-hybridized carbons (Fsp3) is 0. The Hall–Kier alpha value is -3.88. The van der Waals surface area contributed by atoms with E-state index < -0.39 is 10.8 Å². The SMILES string of the molecule is O=C(NN(c1ccccn1)c1ncccc1[N+](=O)[O-])c1ccccn1. The van der Waals surface area contributed by atoms with Crippen molar-refractivity contribution in [1.82, 2.24) is 20.4 Å². The Morgan fingerprint density at radius 2 is 1.68 bits per heavy atom. The maximum absolute atomic E-state index is 12.4. The fourth-order valence-corrected chi connectivity index (χ4v) is 2.06. The molecular weight excluding hydrogens is 324 g/mol. The first-order chi connectivity index (χ1) is 12.2. The molecule has 0 bridgehead atoms. The summed E-state index contributed by atoms with van der Waals surface area (Å²) < 4.78 is 0. The van der Waals surface area contributed by atoms with Crippen LogP contribution in [0.15, 0.2) is 67.1 Å². The van der Waals surface area contributed by atoms with Crippen molar-refractivity contribution in [2.24, 2.45) is 0 Å². The number of nitrogens with one attached hydrogen (secondary N) is 1. The highest BCUT2D eigenvalue weighted by Crippen LogP contribution is 2.28. The van der Waals surface area contributed by atoms with Gasteiger partial charge in [-0.15, -0.1) is 0 Å². The molecule has 25 heavy (non-hydrogen) atoms. The van der Waals surface area contributed by atoms with Crippen LogP contribution in [0.5, 0.6) is 0 Å². The molecule has 0 saturated carbocycles. The molecule has 3 rings (SSSR count). The molecule has 3 heterocycles. The Morgan fingerprint density at radius 1 is 0.960 bits per heavy atom. The first kappa shape index (κ1) is 16.0. The van der Waals surface area contributed by atoms with Crippen LogP contribution in [0.4, 0.5) is 17.3 Å². The zero-order valence-corrected chi connectivity index (χ0v) is 12.8. The van der Waals surface area contributed by atoms with Crippen LogP contribution in [-0.2, 0) is 0 Å². The number of pyridine rings is 3. The fourth-order valence-electron chi connectivity index (χ4n) is 2.06. The van der Waals surface area contributed by atoms with Gasteiger partial charge in [0.25, 0.3) is 5.91 Å². The molecule has 0 aliphatic heterocycles. The third-order valence-electron chi connectivity index (χ3n) is 3.16. The molecule has 9 nitrogen and oxygen atoms in total. The molecular formula is C16H12N6O3. The average molecular weight is 336 g/mol. The number of carbonyl (C=O) groups excluding carboxylic acids is 1. The zero-order chi connectivity index (χ0) is 17.6. The van der Waals surface area contributed by atoms with Gasteiger partial charge in [-0.1, -0.05) is 12.1 Å². The summed E-state index contributed by atoms with van der Waals surface area (Å²) in [7, 11) is 0. The summed E-state index contributed by atoms with van der Waals surface area (Å²) in [6, 6.07) is 12.6. The molecule has 9 heteroatoms. The minimum absolute atomic E-state index is 0.0597. The summed E-state index contributed by atoms with van der Waals surface area (Å²) in [5.41, 5.74) is 2.45. The van der Waals surface area contributed by atoms with E-state index in [4.69, 9.17) is 0 Å². The summed E-state index contributed by atoms with van der Waals surface area (Å²) in [6.45, 7) is 0. The Kier molecular flexibility index (Phi) is 4.56. The van der Waals surface area contributed by atoms with Crippen LogP contribution in [-0.4, -0.2) is 25.8 Å². The minimum Gasteiger partial charge on any atom is -0.266 e. The van der Waals surface area contributed by atoms with E-state index in [1.807, 2.05) is 0 Å². The molecule has 0 fully saturated rings. The lowest BCUT2D eigenvalue weighted by Gasteiger charge is -2.22. The van der Waals surface area contributed by atoms with Gasteiger partial charge < -0.3 is 0 Å². The second kappa shape index (κ2) is 7.13. The predicted octanol–water partition coefficient (Wildman–Crippen LogP) is 2.26. The van der Waals surface area contributed by atoms with Crippen LogP contribution in [0, 0.1) is 10.1 Å². The van der Waals surface area contributed by atoms with Crippen molar-refractivity contribution in [1.29, 1.82) is 0 Å². The maximum Gasteiger partial charge on any atom is 0.313 e. The number of hydrogen-bond donors (Lipinski definition) is 1. The molecule has 0 atom stereocenters. The van der Waals surface area contributed by atoms with Gasteiger partial charge in [-0.3, -0.25) is 25.3 Å². The van der Waals surface area contributed by atoms with Gasteiger partial charge in [-0.25, -0.2) is 15.0 Å². The molecule has 0 saturated heterocycles. The van der Waals surface area contributed by atoms with E-state index in [0.29, 0.717) is 0 Å². The molecule has 1 N–H and O–H groups in total. The van der Waals surface area contributed by atoms with Gasteiger partial charge in [-0.05, 0) is 30.3 Å². The van der Waals surface area contributed by atoms with Crippen molar-refractivity contribution >= 4 is 23.2 Å². The van der Waals surface area contributed by atoms with E-state index in [-0.39, 0.29) is 23.0 Å². The van der Waals surface area contributed by atoms with Crippen molar-refractivity contribution in [3.8, 4) is 0 Å². The highest BCUT2D eigenvalue weighted by Gasteiger charge is 2.25. The van der Waals surface area contributed by atoms with Gasteiger partial charge in [0.15, 0.2) is 5.82 Å². The highest BCUT2D eigenvalue weighted by atomic mass is 16.6. The Bertz CT molecular complexity index is 889. The molecule has 0 spiro atoms. The average Bonchev–Trinajstić information content (AvgIpc) is 2.67. The van der Waals surface area contributed by atoms with Gasteiger partial charge in [0.05, 0.1) is 4.92 Å². The Labute approximate surface area is 142 Å². The van der Waals surface area contributed by atoms with Gasteiger partial charge in [0.1, 0.15) is 5.69 Å². The van der Waals surface area contributed by atoms with Crippen LogP contribution < -0.4 is 10.4 Å². The van der Waals surface area contributed by atoms with Crippen LogP contribution in [0.25, 0.3) is 0 Å². The number of hydrazine groups is 1. The molecule has 0 aromatic carbocycles. The number of carbonyl (C=O) groups is 1. The summed E-state index contributed by atoms with van der Waals surface area (Å²) in [4.78, 5) is 35.3. The predicted molar refractivity (Wildman–Crippen MR) is 89.0 cm³/mol. The van der Waals surface area contributed by atoms with Gasteiger partial charge >= 0.3 is 5.69 Å². The topological polar surface area (TPSA) is 114 Å². The molecule has 0 aliphatic carbocycles. The normalized spacial score (nSPS) is 10.1. The lowest BCUT2D eigenvalue weighted by atomic mass is 10.3. The van der Waals surface area contributed by atoms with Gasteiger partial charge in [0.2, 0.25) is 5.82 Å². The van der Waals surface area contributed by atoms with E-state index in [0.717, 1.165) is 5.01 Å². The van der Waals surface area contributed by atoms with Crippen LogP contribution >= 0.6 is 0 Å². The quantitative estimate of drug-likeness (QED) is 0.561. The van der Waals surface area contributed by atoms with Crippen LogP contribution in [0.3, 0.4) is 0 Å². The van der Waals surface area contributed by atoms with E-state index in [1.165, 1.54) is 36.8 Å². The van der Waals surface area contributed by atoms with Crippen molar-refractivity contribution in [2.45, 2.75) is 0 Å². The highest BCUT2D eigenvalue weighted by molar-refractivity contribution is 5.94. The van der Waals surface area contributed by atoms with Crippen LogP contribution in [0.1, 0.15) is 10.5 Å². The number of nitrogens with zero attached hydrogens (tertiary/aromatic N) is 5. The Morgan fingerprint density at radius 3 is 2.32 bits per heavy atom. The second-order valence-corrected chi connectivity index (χ2v) is 4.78. The number of rotatable bonds is 5. The summed E-state index contributed by atoms with van der Waals surface area (Å²) in [6.07, 6.45) is 4.37. The van der Waals surface area contributed by atoms with Gasteiger partial charge in [0, 0.05) is 24.7 Å². The molecule has 124 valence electrons. The van der Waals surface area contributed by atoms with Crippen molar-refractivity contribution in [2.75, 3.05) is 5.01 Å². The monoisotopic (exact) mass is 336 g/mol. The number of aromatic nitrogens is 3.